The number of rotatable bonds is 7. The highest BCUT2D eigenvalue weighted by Crippen LogP contribution is 2.33. The molecule has 0 unspecified atom stereocenters. The van der Waals surface area contributed by atoms with Gasteiger partial charge in [0.1, 0.15) is 30.2 Å². The van der Waals surface area contributed by atoms with Gasteiger partial charge < -0.3 is 14.6 Å². The number of nitrogens with one attached hydrogen (secondary N) is 2. The Bertz CT molecular complexity index is 1710. The molecule has 37 heavy (non-hydrogen) atoms. The number of halogens is 1. The number of imidazole rings is 1. The Morgan fingerprint density at radius 3 is 2.68 bits per heavy atom. The third-order valence-electron chi connectivity index (χ3n) is 6.06. The van der Waals surface area contributed by atoms with Crippen molar-refractivity contribution in [3.05, 3.63) is 73.2 Å². The van der Waals surface area contributed by atoms with Gasteiger partial charge in [-0.2, -0.15) is 5.10 Å². The first kappa shape index (κ1) is 22.7. The molecule has 2 N–H and O–H groups in total. The van der Waals surface area contributed by atoms with Gasteiger partial charge in [-0.3, -0.25) is 5.10 Å². The molecule has 4 aromatic heterocycles. The maximum Gasteiger partial charge on any atom is 0.178 e. The van der Waals surface area contributed by atoms with Gasteiger partial charge in [0.15, 0.2) is 11.5 Å². The van der Waals surface area contributed by atoms with Crippen molar-refractivity contribution in [1.29, 1.82) is 0 Å². The van der Waals surface area contributed by atoms with Crippen LogP contribution in [0.15, 0.2) is 67.4 Å². The molecule has 4 heterocycles. The summed E-state index contributed by atoms with van der Waals surface area (Å²) in [5.74, 6) is 0.650. The standard InChI is InChI=1S/C27H23FN8O/c1-36(2)7-8-37-20-10-17(9-19(28)12-20)21-5-6-31-26-24(21)32-27(33-26)25-22-11-16(3-4-23(22)34-35-25)18-13-29-15-30-14-18/h3-6,9-15H,7-8H2,1-2H3,(H,34,35)(H,31,32,33). The zero-order valence-electron chi connectivity index (χ0n) is 20.2. The maximum atomic E-state index is 14.5. The highest BCUT2D eigenvalue weighted by Gasteiger charge is 2.17. The van der Waals surface area contributed by atoms with E-state index in [0.29, 0.717) is 40.6 Å². The SMILES string of the molecule is CN(C)CCOc1cc(F)cc(-c2ccnc3nc(-c4n[nH]c5ccc(-c6cncnc6)cc45)[nH]c23)c1. The van der Waals surface area contributed by atoms with Crippen LogP contribution >= 0.6 is 0 Å². The molecule has 0 fully saturated rings. The molecule has 0 spiro atoms. The van der Waals surface area contributed by atoms with Gasteiger partial charge in [0.05, 0.1) is 11.0 Å². The van der Waals surface area contributed by atoms with Gasteiger partial charge in [0, 0.05) is 47.7 Å². The van der Waals surface area contributed by atoms with Gasteiger partial charge in [0.2, 0.25) is 0 Å². The summed E-state index contributed by atoms with van der Waals surface area (Å²) in [5, 5.41) is 8.47. The largest absolute Gasteiger partial charge is 0.492 e. The lowest BCUT2D eigenvalue weighted by Gasteiger charge is -2.12. The number of ether oxygens (including phenoxy) is 1. The molecule has 6 aromatic rings. The van der Waals surface area contributed by atoms with Crippen LogP contribution in [0, 0.1) is 5.82 Å². The Morgan fingerprint density at radius 2 is 1.84 bits per heavy atom. The van der Waals surface area contributed by atoms with Crippen molar-refractivity contribution >= 4 is 22.1 Å². The predicted octanol–water partition coefficient (Wildman–Crippen LogP) is 4.70. The lowest BCUT2D eigenvalue weighted by Crippen LogP contribution is -2.19. The number of H-pyrrole nitrogens is 2. The first-order valence-electron chi connectivity index (χ1n) is 11.7. The topological polar surface area (TPSA) is 108 Å². The average Bonchev–Trinajstić information content (AvgIpc) is 3.52. The number of nitrogens with zero attached hydrogens (tertiary/aromatic N) is 6. The van der Waals surface area contributed by atoms with Gasteiger partial charge in [-0.15, -0.1) is 0 Å². The second-order valence-corrected chi connectivity index (χ2v) is 8.93. The molecule has 0 radical (unpaired) electrons. The van der Waals surface area contributed by atoms with Crippen LogP contribution in [-0.2, 0) is 0 Å². The molecule has 0 amide bonds. The minimum absolute atomic E-state index is 0.377. The first-order chi connectivity index (χ1) is 18.0. The summed E-state index contributed by atoms with van der Waals surface area (Å²) in [6.45, 7) is 1.19. The Morgan fingerprint density at radius 1 is 0.973 bits per heavy atom. The van der Waals surface area contributed by atoms with Gasteiger partial charge in [-0.1, -0.05) is 6.07 Å². The van der Waals surface area contributed by atoms with Crippen molar-refractivity contribution in [2.45, 2.75) is 0 Å². The lowest BCUT2D eigenvalue weighted by molar-refractivity contribution is 0.260. The molecule has 10 heteroatoms. The number of benzene rings is 2. The van der Waals surface area contributed by atoms with Crippen LogP contribution in [0.3, 0.4) is 0 Å². The van der Waals surface area contributed by atoms with Gasteiger partial charge in [-0.25, -0.2) is 24.3 Å². The summed E-state index contributed by atoms with van der Waals surface area (Å²) >= 11 is 0. The van der Waals surface area contributed by atoms with Crippen LogP contribution in [0.2, 0.25) is 0 Å². The van der Waals surface area contributed by atoms with Crippen LogP contribution in [-0.4, -0.2) is 67.3 Å². The summed E-state index contributed by atoms with van der Waals surface area (Å²) in [6, 6.07) is 12.5. The second-order valence-electron chi connectivity index (χ2n) is 8.93. The van der Waals surface area contributed by atoms with E-state index in [4.69, 9.17) is 9.72 Å². The van der Waals surface area contributed by atoms with E-state index >= 15 is 0 Å². The Kier molecular flexibility index (Phi) is 5.78. The van der Waals surface area contributed by atoms with Crippen molar-refractivity contribution in [3.63, 3.8) is 0 Å². The molecule has 0 bridgehead atoms. The van der Waals surface area contributed by atoms with Crippen molar-refractivity contribution in [3.8, 4) is 39.5 Å². The number of pyridine rings is 1. The second kappa shape index (κ2) is 9.40. The molecule has 0 saturated heterocycles. The molecule has 0 aliphatic rings. The third-order valence-corrected chi connectivity index (χ3v) is 6.06. The van der Waals surface area contributed by atoms with E-state index in [2.05, 4.69) is 30.1 Å². The zero-order chi connectivity index (χ0) is 25.4. The Hall–Kier alpha value is -4.70. The van der Waals surface area contributed by atoms with Crippen LogP contribution in [0.5, 0.6) is 5.75 Å². The fourth-order valence-corrected chi connectivity index (χ4v) is 4.23. The smallest absolute Gasteiger partial charge is 0.178 e. The average molecular weight is 495 g/mol. The summed E-state index contributed by atoms with van der Waals surface area (Å²) < 4.78 is 20.3. The molecule has 0 saturated carbocycles. The van der Waals surface area contributed by atoms with Crippen LogP contribution in [0.4, 0.5) is 4.39 Å². The van der Waals surface area contributed by atoms with E-state index in [1.807, 2.05) is 49.3 Å². The first-order valence-corrected chi connectivity index (χ1v) is 11.7. The van der Waals surface area contributed by atoms with E-state index in [9.17, 15) is 4.39 Å². The molecule has 184 valence electrons. The van der Waals surface area contributed by atoms with Crippen molar-refractivity contribution < 1.29 is 9.13 Å². The summed E-state index contributed by atoms with van der Waals surface area (Å²) in [6.07, 6.45) is 6.70. The number of hydrogen-bond acceptors (Lipinski definition) is 7. The minimum atomic E-state index is -0.377. The predicted molar refractivity (Wildman–Crippen MR) is 139 cm³/mol. The van der Waals surface area contributed by atoms with E-state index in [1.54, 1.807) is 18.6 Å². The van der Waals surface area contributed by atoms with Crippen molar-refractivity contribution in [2.24, 2.45) is 0 Å². The van der Waals surface area contributed by atoms with Gasteiger partial charge in [0.25, 0.3) is 0 Å². The van der Waals surface area contributed by atoms with Crippen molar-refractivity contribution in [1.82, 2.24) is 40.0 Å². The summed E-state index contributed by atoms with van der Waals surface area (Å²) in [7, 11) is 3.92. The molecular weight excluding hydrogens is 471 g/mol. The fraction of sp³-hybridized carbons (Fsp3) is 0.148. The lowest BCUT2D eigenvalue weighted by atomic mass is 10.1. The Balaban J connectivity index is 1.41. The van der Waals surface area contributed by atoms with Crippen LogP contribution < -0.4 is 4.74 Å². The van der Waals surface area contributed by atoms with E-state index in [0.717, 1.165) is 34.1 Å². The highest BCUT2D eigenvalue weighted by molar-refractivity contribution is 5.97. The van der Waals surface area contributed by atoms with Crippen LogP contribution in [0.1, 0.15) is 0 Å². The third kappa shape index (κ3) is 4.50. The fourth-order valence-electron chi connectivity index (χ4n) is 4.23. The molecule has 0 atom stereocenters. The van der Waals surface area contributed by atoms with Crippen LogP contribution in [0.25, 0.3) is 55.8 Å². The number of likely N-dealkylation sites (N-methyl/N-ethyl adjacent to an activating group) is 1. The number of hydrogen-bond donors (Lipinski definition) is 2. The maximum absolute atomic E-state index is 14.5. The molecule has 2 aromatic carbocycles. The molecule has 6 rings (SSSR count). The van der Waals surface area contributed by atoms with E-state index in [-0.39, 0.29) is 5.82 Å². The molecule has 0 aliphatic heterocycles. The highest BCUT2D eigenvalue weighted by atomic mass is 19.1. The van der Waals surface area contributed by atoms with Gasteiger partial charge in [-0.05, 0) is 55.6 Å². The Labute approximate surface area is 211 Å². The number of fused-ring (bicyclic) bond motifs is 2. The van der Waals surface area contributed by atoms with Gasteiger partial charge >= 0.3 is 0 Å². The molecule has 0 aliphatic carbocycles. The zero-order valence-corrected chi connectivity index (χ0v) is 20.2. The minimum Gasteiger partial charge on any atom is -0.492 e. The normalized spacial score (nSPS) is 11.6. The van der Waals surface area contributed by atoms with E-state index in [1.165, 1.54) is 18.5 Å². The number of aromatic amines is 2. The quantitative estimate of drug-likeness (QED) is 0.331. The molecule has 9 nitrogen and oxygen atoms in total. The molecular formula is C27H23FN8O. The number of aromatic nitrogens is 7. The monoisotopic (exact) mass is 494 g/mol. The van der Waals surface area contributed by atoms with Crippen molar-refractivity contribution in [2.75, 3.05) is 27.2 Å². The van der Waals surface area contributed by atoms with E-state index < -0.39 is 0 Å². The summed E-state index contributed by atoms with van der Waals surface area (Å²) in [5.41, 5.74) is 6.02. The summed E-state index contributed by atoms with van der Waals surface area (Å²) in [4.78, 5) is 22.7.